The van der Waals surface area contributed by atoms with Crippen LogP contribution in [-0.2, 0) is 10.0 Å². The highest BCUT2D eigenvalue weighted by Crippen LogP contribution is 2.33. The average molecular weight is 332 g/mol. The lowest BCUT2D eigenvalue weighted by atomic mass is 10.2. The lowest BCUT2D eigenvalue weighted by Gasteiger charge is -2.23. The standard InChI is InChI=1S/C13H14ClNO3S2/c1-3-15(11-8-10(16)5-4-9(11)2)20(17,18)13-7-6-12(14)19-13/h4-8,16H,3H2,1-2H3. The highest BCUT2D eigenvalue weighted by Gasteiger charge is 2.26. The zero-order valence-electron chi connectivity index (χ0n) is 11.0. The van der Waals surface area contributed by atoms with Gasteiger partial charge >= 0.3 is 0 Å². The van der Waals surface area contributed by atoms with Crippen molar-refractivity contribution in [3.63, 3.8) is 0 Å². The van der Waals surface area contributed by atoms with Crippen LogP contribution in [-0.4, -0.2) is 20.1 Å². The summed E-state index contributed by atoms with van der Waals surface area (Å²) in [5.74, 6) is 0.0310. The Bertz CT molecular complexity index is 725. The number of phenolic OH excluding ortho intramolecular Hbond substituents is 1. The molecule has 108 valence electrons. The first-order valence-corrected chi connectivity index (χ1v) is 8.57. The maximum atomic E-state index is 12.6. The number of aromatic hydroxyl groups is 1. The molecule has 0 radical (unpaired) electrons. The molecular weight excluding hydrogens is 318 g/mol. The normalized spacial score (nSPS) is 11.6. The number of benzene rings is 1. The van der Waals surface area contributed by atoms with E-state index in [1.165, 1.54) is 22.5 Å². The summed E-state index contributed by atoms with van der Waals surface area (Å²) in [6.07, 6.45) is 0. The molecule has 0 aliphatic carbocycles. The summed E-state index contributed by atoms with van der Waals surface area (Å²) in [4.78, 5) is 0. The van der Waals surface area contributed by atoms with E-state index in [2.05, 4.69) is 0 Å². The van der Waals surface area contributed by atoms with Gasteiger partial charge in [-0.15, -0.1) is 11.3 Å². The molecule has 1 heterocycles. The van der Waals surface area contributed by atoms with Gasteiger partial charge < -0.3 is 5.11 Å². The highest BCUT2D eigenvalue weighted by molar-refractivity contribution is 7.94. The van der Waals surface area contributed by atoms with E-state index in [0.29, 0.717) is 10.0 Å². The molecule has 1 aromatic heterocycles. The largest absolute Gasteiger partial charge is 0.508 e. The number of sulfonamides is 1. The van der Waals surface area contributed by atoms with Gasteiger partial charge in [0.25, 0.3) is 10.0 Å². The predicted molar refractivity (Wildman–Crippen MR) is 82.4 cm³/mol. The van der Waals surface area contributed by atoms with Crippen LogP contribution in [0.2, 0.25) is 4.34 Å². The van der Waals surface area contributed by atoms with E-state index in [4.69, 9.17) is 11.6 Å². The van der Waals surface area contributed by atoms with Gasteiger partial charge in [0, 0.05) is 12.6 Å². The summed E-state index contributed by atoms with van der Waals surface area (Å²) in [5, 5.41) is 9.58. The van der Waals surface area contributed by atoms with Crippen LogP contribution in [0.5, 0.6) is 5.75 Å². The minimum atomic E-state index is -3.67. The minimum absolute atomic E-state index is 0.0310. The lowest BCUT2D eigenvalue weighted by Crippen LogP contribution is -2.30. The first kappa shape index (κ1) is 15.2. The molecule has 0 spiro atoms. The fraction of sp³-hybridized carbons (Fsp3) is 0.231. The summed E-state index contributed by atoms with van der Waals surface area (Å²) in [7, 11) is -3.67. The van der Waals surface area contributed by atoms with E-state index in [-0.39, 0.29) is 16.5 Å². The molecule has 1 aromatic carbocycles. The van der Waals surface area contributed by atoms with Crippen molar-refractivity contribution in [2.75, 3.05) is 10.8 Å². The van der Waals surface area contributed by atoms with Crippen LogP contribution in [0.3, 0.4) is 0 Å². The van der Waals surface area contributed by atoms with Crippen molar-refractivity contribution >= 4 is 38.6 Å². The van der Waals surface area contributed by atoms with Gasteiger partial charge in [-0.05, 0) is 37.6 Å². The molecule has 4 nitrogen and oxygen atoms in total. The van der Waals surface area contributed by atoms with E-state index in [1.807, 2.05) is 0 Å². The SMILES string of the molecule is CCN(c1cc(O)ccc1C)S(=O)(=O)c1ccc(Cl)s1. The molecule has 7 heteroatoms. The first-order chi connectivity index (χ1) is 9.36. The van der Waals surface area contributed by atoms with Crippen molar-refractivity contribution in [3.05, 3.63) is 40.2 Å². The summed E-state index contributed by atoms with van der Waals surface area (Å²) < 4.78 is 27.2. The van der Waals surface area contributed by atoms with Gasteiger partial charge in [-0.2, -0.15) is 0 Å². The number of halogens is 1. The van der Waals surface area contributed by atoms with Crippen molar-refractivity contribution in [1.29, 1.82) is 0 Å². The summed E-state index contributed by atoms with van der Waals surface area (Å²) in [6, 6.07) is 7.71. The third kappa shape index (κ3) is 2.77. The fourth-order valence-corrected chi connectivity index (χ4v) is 5.01. The number of rotatable bonds is 4. The lowest BCUT2D eigenvalue weighted by molar-refractivity contribution is 0.475. The second-order valence-corrected chi connectivity index (χ2v) is 8.00. The van der Waals surface area contributed by atoms with E-state index >= 15 is 0 Å². The quantitative estimate of drug-likeness (QED) is 0.930. The van der Waals surface area contributed by atoms with Gasteiger partial charge in [-0.25, -0.2) is 8.42 Å². The molecule has 0 unspecified atom stereocenters. The van der Waals surface area contributed by atoms with Gasteiger partial charge in [0.05, 0.1) is 10.0 Å². The highest BCUT2D eigenvalue weighted by atomic mass is 35.5. The number of nitrogens with zero attached hydrogens (tertiary/aromatic N) is 1. The van der Waals surface area contributed by atoms with Gasteiger partial charge in [-0.3, -0.25) is 4.31 Å². The van der Waals surface area contributed by atoms with Crippen LogP contribution in [0.15, 0.2) is 34.5 Å². The number of hydrogen-bond acceptors (Lipinski definition) is 4. The topological polar surface area (TPSA) is 57.6 Å². The van der Waals surface area contributed by atoms with E-state index in [1.54, 1.807) is 26.0 Å². The molecule has 0 saturated carbocycles. The summed E-state index contributed by atoms with van der Waals surface area (Å²) >= 11 is 6.83. The van der Waals surface area contributed by atoms with Gasteiger partial charge in [-0.1, -0.05) is 17.7 Å². The second-order valence-electron chi connectivity index (χ2n) is 4.20. The number of thiophene rings is 1. The van der Waals surface area contributed by atoms with Crippen molar-refractivity contribution in [3.8, 4) is 5.75 Å². The Labute approximate surface area is 127 Å². The minimum Gasteiger partial charge on any atom is -0.508 e. The maximum Gasteiger partial charge on any atom is 0.273 e. The van der Waals surface area contributed by atoms with Crippen molar-refractivity contribution in [1.82, 2.24) is 0 Å². The van der Waals surface area contributed by atoms with Gasteiger partial charge in [0.2, 0.25) is 0 Å². The Kier molecular flexibility index (Phi) is 4.27. The van der Waals surface area contributed by atoms with Crippen LogP contribution in [0.4, 0.5) is 5.69 Å². The molecule has 1 N–H and O–H groups in total. The number of phenols is 1. The van der Waals surface area contributed by atoms with Crippen LogP contribution in [0.25, 0.3) is 0 Å². The van der Waals surface area contributed by atoms with Crippen LogP contribution < -0.4 is 4.31 Å². The Morgan fingerprint density at radius 2 is 2.00 bits per heavy atom. The molecule has 0 aliphatic rings. The Hall–Kier alpha value is -1.24. The summed E-state index contributed by atoms with van der Waals surface area (Å²) in [5.41, 5.74) is 1.24. The second kappa shape index (κ2) is 5.63. The molecule has 0 aliphatic heterocycles. The van der Waals surface area contributed by atoms with Gasteiger partial charge in [0.1, 0.15) is 9.96 Å². The average Bonchev–Trinajstić information content (AvgIpc) is 2.81. The van der Waals surface area contributed by atoms with E-state index in [9.17, 15) is 13.5 Å². The number of aryl methyl sites for hydroxylation is 1. The monoisotopic (exact) mass is 331 g/mol. The van der Waals surface area contributed by atoms with E-state index < -0.39 is 10.0 Å². The van der Waals surface area contributed by atoms with Crippen LogP contribution >= 0.6 is 22.9 Å². The van der Waals surface area contributed by atoms with E-state index in [0.717, 1.165) is 16.9 Å². The molecular formula is C13H14ClNO3S2. The van der Waals surface area contributed by atoms with Crippen LogP contribution in [0, 0.1) is 6.92 Å². The zero-order valence-corrected chi connectivity index (χ0v) is 13.4. The Morgan fingerprint density at radius 1 is 1.30 bits per heavy atom. The molecule has 20 heavy (non-hydrogen) atoms. The van der Waals surface area contributed by atoms with Crippen molar-refractivity contribution < 1.29 is 13.5 Å². The third-order valence-corrected chi connectivity index (χ3v) is 6.43. The van der Waals surface area contributed by atoms with Crippen LogP contribution in [0.1, 0.15) is 12.5 Å². The molecule has 2 aromatic rings. The molecule has 0 bridgehead atoms. The van der Waals surface area contributed by atoms with Gasteiger partial charge in [0.15, 0.2) is 0 Å². The Balaban J connectivity index is 2.54. The zero-order chi connectivity index (χ0) is 14.9. The number of anilines is 1. The maximum absolute atomic E-state index is 12.6. The smallest absolute Gasteiger partial charge is 0.273 e. The molecule has 0 amide bonds. The molecule has 0 fully saturated rings. The van der Waals surface area contributed by atoms with Crippen molar-refractivity contribution in [2.45, 2.75) is 18.1 Å². The predicted octanol–water partition coefficient (Wildman–Crippen LogP) is 3.63. The molecule has 0 atom stereocenters. The Morgan fingerprint density at radius 3 is 2.55 bits per heavy atom. The molecule has 2 rings (SSSR count). The number of hydrogen-bond donors (Lipinski definition) is 1. The third-order valence-electron chi connectivity index (χ3n) is 2.84. The molecule has 0 saturated heterocycles. The fourth-order valence-electron chi connectivity index (χ4n) is 1.88. The van der Waals surface area contributed by atoms with Crippen molar-refractivity contribution in [2.24, 2.45) is 0 Å². The summed E-state index contributed by atoms with van der Waals surface area (Å²) in [6.45, 7) is 3.81. The first-order valence-electron chi connectivity index (χ1n) is 5.94.